The number of nitrogens with zero attached hydrogens (tertiary/aromatic N) is 2. The van der Waals surface area contributed by atoms with Gasteiger partial charge in [0.1, 0.15) is 10.8 Å². The molecule has 6 heteroatoms. The highest BCUT2D eigenvalue weighted by Crippen LogP contribution is 2.30. The molecule has 0 aliphatic rings. The molecule has 0 aliphatic carbocycles. The lowest BCUT2D eigenvalue weighted by atomic mass is 10.2. The van der Waals surface area contributed by atoms with Crippen molar-refractivity contribution in [2.45, 2.75) is 23.9 Å². The number of rotatable bonds is 5. The van der Waals surface area contributed by atoms with Crippen LogP contribution in [0.3, 0.4) is 0 Å². The molecule has 0 saturated heterocycles. The molecule has 0 bridgehead atoms. The van der Waals surface area contributed by atoms with Gasteiger partial charge in [0.25, 0.3) is 0 Å². The van der Waals surface area contributed by atoms with Gasteiger partial charge in [-0.05, 0) is 32.0 Å². The fraction of sp³-hybridized carbons (Fsp3) is 0.333. The minimum atomic E-state index is 0.652. The Morgan fingerprint density at radius 1 is 1.39 bits per heavy atom. The zero-order chi connectivity index (χ0) is 13.0. The van der Waals surface area contributed by atoms with Crippen LogP contribution in [0, 0.1) is 6.92 Å². The first-order valence-electron chi connectivity index (χ1n) is 5.63. The second-order valence-electron chi connectivity index (χ2n) is 3.68. The summed E-state index contributed by atoms with van der Waals surface area (Å²) in [5, 5.41) is 9.07. The number of aryl methyl sites for hydroxylation is 1. The van der Waals surface area contributed by atoms with E-state index in [4.69, 9.17) is 10.5 Å². The van der Waals surface area contributed by atoms with Gasteiger partial charge in [0, 0.05) is 17.0 Å². The lowest BCUT2D eigenvalue weighted by Gasteiger charge is -2.09. The third kappa shape index (κ3) is 3.36. The maximum absolute atomic E-state index is 5.81. The van der Waals surface area contributed by atoms with Crippen LogP contribution in [0.1, 0.15) is 17.5 Å². The van der Waals surface area contributed by atoms with Crippen LogP contribution in [0.15, 0.2) is 22.5 Å². The van der Waals surface area contributed by atoms with Gasteiger partial charge in [0.15, 0.2) is 4.34 Å². The second kappa shape index (κ2) is 6.06. The molecule has 96 valence electrons. The molecule has 0 radical (unpaired) electrons. The van der Waals surface area contributed by atoms with Crippen LogP contribution in [-0.4, -0.2) is 16.8 Å². The van der Waals surface area contributed by atoms with Crippen LogP contribution < -0.4 is 10.5 Å². The van der Waals surface area contributed by atoms with Gasteiger partial charge in [-0.3, -0.25) is 0 Å². The van der Waals surface area contributed by atoms with Crippen LogP contribution >= 0.6 is 23.1 Å². The van der Waals surface area contributed by atoms with Crippen molar-refractivity contribution in [3.8, 4) is 5.75 Å². The Labute approximate surface area is 115 Å². The smallest absolute Gasteiger partial charge is 0.174 e. The average molecular weight is 281 g/mol. The van der Waals surface area contributed by atoms with Gasteiger partial charge in [0.05, 0.1) is 6.61 Å². The largest absolute Gasteiger partial charge is 0.494 e. The van der Waals surface area contributed by atoms with E-state index in [9.17, 15) is 0 Å². The fourth-order valence-electron chi connectivity index (χ4n) is 1.48. The lowest BCUT2D eigenvalue weighted by Crippen LogP contribution is -1.97. The average Bonchev–Trinajstić information content (AvgIpc) is 2.76. The van der Waals surface area contributed by atoms with Crippen LogP contribution in [0.2, 0.25) is 0 Å². The molecule has 1 aromatic carbocycles. The summed E-state index contributed by atoms with van der Waals surface area (Å²) in [6.07, 6.45) is 0. The van der Waals surface area contributed by atoms with Crippen molar-refractivity contribution in [3.63, 3.8) is 0 Å². The van der Waals surface area contributed by atoms with E-state index in [-0.39, 0.29) is 0 Å². The molecule has 2 N–H and O–H groups in total. The number of nitrogens with two attached hydrogens (primary N) is 1. The highest BCUT2D eigenvalue weighted by Gasteiger charge is 2.07. The predicted molar refractivity (Wildman–Crippen MR) is 76.2 cm³/mol. The highest BCUT2D eigenvalue weighted by molar-refractivity contribution is 8.00. The number of thioether (sulfide) groups is 1. The van der Waals surface area contributed by atoms with E-state index in [1.54, 1.807) is 23.1 Å². The summed E-state index contributed by atoms with van der Waals surface area (Å²) >= 11 is 3.25. The van der Waals surface area contributed by atoms with Gasteiger partial charge >= 0.3 is 0 Å². The minimum absolute atomic E-state index is 0.652. The molecule has 0 unspecified atom stereocenters. The molecule has 2 rings (SSSR count). The van der Waals surface area contributed by atoms with Gasteiger partial charge in [-0.15, -0.1) is 10.2 Å². The maximum atomic E-state index is 5.81. The standard InChI is InChI=1S/C12H15N3OS2/c1-3-16-11-5-4-10(13)6-9(11)7-17-12-15-14-8(2)18-12/h4-6H,3,7,13H2,1-2H3. The number of benzene rings is 1. The first-order valence-corrected chi connectivity index (χ1v) is 7.43. The van der Waals surface area contributed by atoms with Crippen LogP contribution in [-0.2, 0) is 5.75 Å². The minimum Gasteiger partial charge on any atom is -0.494 e. The summed E-state index contributed by atoms with van der Waals surface area (Å²) in [6, 6.07) is 5.72. The molecule has 0 amide bonds. The molecular weight excluding hydrogens is 266 g/mol. The first-order chi connectivity index (χ1) is 8.69. The fourth-order valence-corrected chi connectivity index (χ4v) is 3.28. The van der Waals surface area contributed by atoms with Gasteiger partial charge in [-0.2, -0.15) is 0 Å². The Kier molecular flexibility index (Phi) is 4.43. The molecule has 18 heavy (non-hydrogen) atoms. The van der Waals surface area contributed by atoms with E-state index in [2.05, 4.69) is 10.2 Å². The third-order valence-corrected chi connectivity index (χ3v) is 4.26. The molecule has 1 heterocycles. The van der Waals surface area contributed by atoms with Crippen LogP contribution in [0.4, 0.5) is 5.69 Å². The van der Waals surface area contributed by atoms with Gasteiger partial charge < -0.3 is 10.5 Å². The van der Waals surface area contributed by atoms with E-state index in [1.165, 1.54) is 0 Å². The Morgan fingerprint density at radius 3 is 2.89 bits per heavy atom. The Balaban J connectivity index is 2.09. The first kappa shape index (κ1) is 13.2. The third-order valence-electron chi connectivity index (χ3n) is 2.24. The Morgan fingerprint density at radius 2 is 2.22 bits per heavy atom. The Hall–Kier alpha value is -1.27. The second-order valence-corrected chi connectivity index (χ2v) is 6.08. The number of hydrogen-bond donors (Lipinski definition) is 1. The molecule has 0 aliphatic heterocycles. The van der Waals surface area contributed by atoms with Crippen molar-refractivity contribution in [1.82, 2.24) is 10.2 Å². The number of anilines is 1. The summed E-state index contributed by atoms with van der Waals surface area (Å²) in [7, 11) is 0. The number of nitrogen functional groups attached to an aromatic ring is 1. The molecule has 0 fully saturated rings. The molecule has 0 spiro atoms. The van der Waals surface area contributed by atoms with Crippen molar-refractivity contribution in [1.29, 1.82) is 0 Å². The molecule has 0 atom stereocenters. The molecule has 0 saturated carbocycles. The Bertz CT molecular complexity index is 528. The van der Waals surface area contributed by atoms with Gasteiger partial charge in [-0.1, -0.05) is 23.1 Å². The van der Waals surface area contributed by atoms with Crippen LogP contribution in [0.5, 0.6) is 5.75 Å². The molecular formula is C12H15N3OS2. The quantitative estimate of drug-likeness (QED) is 0.674. The normalized spacial score (nSPS) is 10.6. The number of hydrogen-bond acceptors (Lipinski definition) is 6. The number of ether oxygens (including phenoxy) is 1. The summed E-state index contributed by atoms with van der Waals surface area (Å²) < 4.78 is 6.55. The van der Waals surface area contributed by atoms with E-state index in [0.29, 0.717) is 6.61 Å². The molecule has 2 aromatic rings. The molecule has 4 nitrogen and oxygen atoms in total. The summed E-state index contributed by atoms with van der Waals surface area (Å²) in [5.74, 6) is 1.68. The number of aromatic nitrogens is 2. The van der Waals surface area contributed by atoms with Gasteiger partial charge in [0.2, 0.25) is 0 Å². The lowest BCUT2D eigenvalue weighted by molar-refractivity contribution is 0.337. The highest BCUT2D eigenvalue weighted by atomic mass is 32.2. The SMILES string of the molecule is CCOc1ccc(N)cc1CSc1nnc(C)s1. The van der Waals surface area contributed by atoms with E-state index in [1.807, 2.05) is 32.0 Å². The summed E-state index contributed by atoms with van der Waals surface area (Å²) in [4.78, 5) is 0. The van der Waals surface area contributed by atoms with Crippen LogP contribution in [0.25, 0.3) is 0 Å². The molecule has 1 aromatic heterocycles. The van der Waals surface area contributed by atoms with E-state index >= 15 is 0 Å². The summed E-state index contributed by atoms with van der Waals surface area (Å²) in [6.45, 7) is 4.58. The maximum Gasteiger partial charge on any atom is 0.174 e. The zero-order valence-electron chi connectivity index (χ0n) is 10.3. The van der Waals surface area contributed by atoms with Crippen molar-refractivity contribution in [3.05, 3.63) is 28.8 Å². The van der Waals surface area contributed by atoms with Crippen molar-refractivity contribution < 1.29 is 4.74 Å². The van der Waals surface area contributed by atoms with Crippen molar-refractivity contribution in [2.75, 3.05) is 12.3 Å². The zero-order valence-corrected chi connectivity index (χ0v) is 12.0. The summed E-state index contributed by atoms with van der Waals surface area (Å²) in [5.41, 5.74) is 7.65. The van der Waals surface area contributed by atoms with E-state index in [0.717, 1.165) is 32.1 Å². The van der Waals surface area contributed by atoms with Crippen molar-refractivity contribution in [2.24, 2.45) is 0 Å². The van der Waals surface area contributed by atoms with E-state index < -0.39 is 0 Å². The van der Waals surface area contributed by atoms with Gasteiger partial charge in [-0.25, -0.2) is 0 Å². The van der Waals surface area contributed by atoms with Crippen molar-refractivity contribution >= 4 is 28.8 Å². The monoisotopic (exact) mass is 281 g/mol. The topological polar surface area (TPSA) is 61.0 Å². The predicted octanol–water partition coefficient (Wildman–Crippen LogP) is 3.12.